The van der Waals surface area contributed by atoms with Gasteiger partial charge in [-0.05, 0) is 52.2 Å². The molecule has 0 spiro atoms. The number of hydrazone groups is 1. The molecule has 0 aliphatic rings. The maximum atomic E-state index is 12.0. The van der Waals surface area contributed by atoms with Gasteiger partial charge >= 0.3 is 0 Å². The van der Waals surface area contributed by atoms with Crippen LogP contribution in [0.1, 0.15) is 28.8 Å². The van der Waals surface area contributed by atoms with Gasteiger partial charge in [0.05, 0.1) is 11.8 Å². The number of rotatable bonds is 8. The van der Waals surface area contributed by atoms with Crippen LogP contribution >= 0.6 is 15.9 Å². The van der Waals surface area contributed by atoms with Gasteiger partial charge in [0, 0.05) is 37.2 Å². The Morgan fingerprint density at radius 2 is 1.81 bits per heavy atom. The zero-order valence-corrected chi connectivity index (χ0v) is 17.0. The van der Waals surface area contributed by atoms with Crippen LogP contribution < -0.4 is 15.6 Å². The van der Waals surface area contributed by atoms with E-state index in [0.717, 1.165) is 15.7 Å². The number of hydrogen-bond acceptors (Lipinski definition) is 4. The van der Waals surface area contributed by atoms with E-state index in [9.17, 15) is 9.59 Å². The third-order valence-corrected chi connectivity index (χ3v) is 4.49. The number of carbonyl (C=O) groups excluding carboxylic acids is 2. The first-order chi connectivity index (χ1) is 13.0. The van der Waals surface area contributed by atoms with Gasteiger partial charge in [0.25, 0.3) is 5.91 Å². The molecule has 2 aromatic carbocycles. The minimum atomic E-state index is -0.189. The van der Waals surface area contributed by atoms with Crippen LogP contribution in [0.15, 0.2) is 58.1 Å². The molecule has 0 aliphatic heterocycles. The van der Waals surface area contributed by atoms with Crippen LogP contribution in [0, 0.1) is 0 Å². The van der Waals surface area contributed by atoms with Crippen molar-refractivity contribution in [2.24, 2.45) is 5.10 Å². The van der Waals surface area contributed by atoms with Crippen molar-refractivity contribution in [3.05, 3.63) is 64.1 Å². The molecule has 2 rings (SSSR count). The summed E-state index contributed by atoms with van der Waals surface area (Å²) in [6.07, 6.45) is 2.42. The topological polar surface area (TPSA) is 73.8 Å². The summed E-state index contributed by atoms with van der Waals surface area (Å²) < 4.78 is 0.744. The Bertz CT molecular complexity index is 804. The van der Waals surface area contributed by atoms with Crippen molar-refractivity contribution in [1.82, 2.24) is 10.7 Å². The second-order valence-corrected chi connectivity index (χ2v) is 6.97. The number of carbonyl (C=O) groups is 2. The molecule has 0 radical (unpaired) electrons. The van der Waals surface area contributed by atoms with Crippen molar-refractivity contribution in [3.8, 4) is 0 Å². The third-order valence-electron chi connectivity index (χ3n) is 3.80. The fourth-order valence-corrected chi connectivity index (χ4v) is 2.75. The zero-order valence-electron chi connectivity index (χ0n) is 15.4. The highest BCUT2D eigenvalue weighted by Crippen LogP contribution is 2.15. The summed E-state index contributed by atoms with van der Waals surface area (Å²) in [5.74, 6) is -0.353. The summed E-state index contributed by atoms with van der Waals surface area (Å²) in [5.41, 5.74) is 5.08. The SMILES string of the molecule is CN(C)c1ccc(C=NNC(=O)CCCNC(=O)c2ccccc2Br)cc1. The van der Waals surface area contributed by atoms with E-state index < -0.39 is 0 Å². The standard InChI is InChI=1S/C20H23BrN4O2/c1-25(2)16-11-9-15(10-12-16)14-23-24-19(26)8-5-13-22-20(27)17-6-3-4-7-18(17)21/h3-4,6-7,9-12,14H,5,8,13H2,1-2H3,(H,22,27)(H,24,26). The maximum absolute atomic E-state index is 12.0. The molecule has 0 atom stereocenters. The Kier molecular flexibility index (Phi) is 8.00. The molecule has 2 amide bonds. The van der Waals surface area contributed by atoms with Crippen LogP contribution in [0.3, 0.4) is 0 Å². The van der Waals surface area contributed by atoms with Crippen LogP contribution in [-0.4, -0.2) is 38.7 Å². The summed E-state index contributed by atoms with van der Waals surface area (Å²) >= 11 is 3.34. The van der Waals surface area contributed by atoms with Crippen LogP contribution in [0.2, 0.25) is 0 Å². The first-order valence-corrected chi connectivity index (χ1v) is 9.38. The van der Waals surface area contributed by atoms with Gasteiger partial charge in [-0.2, -0.15) is 5.10 Å². The molecule has 0 aliphatic carbocycles. The summed E-state index contributed by atoms with van der Waals surface area (Å²) in [7, 11) is 3.95. The van der Waals surface area contributed by atoms with Gasteiger partial charge in [-0.15, -0.1) is 0 Å². The average molecular weight is 431 g/mol. The van der Waals surface area contributed by atoms with E-state index in [4.69, 9.17) is 0 Å². The van der Waals surface area contributed by atoms with Crippen LogP contribution in [0.4, 0.5) is 5.69 Å². The first kappa shape index (κ1) is 20.6. The Morgan fingerprint density at radius 1 is 1.11 bits per heavy atom. The molecular weight excluding hydrogens is 408 g/mol. The van der Waals surface area contributed by atoms with Crippen molar-refractivity contribution in [1.29, 1.82) is 0 Å². The smallest absolute Gasteiger partial charge is 0.252 e. The van der Waals surface area contributed by atoms with Crippen molar-refractivity contribution >= 4 is 39.6 Å². The normalized spacial score (nSPS) is 10.6. The van der Waals surface area contributed by atoms with Gasteiger partial charge in [-0.25, -0.2) is 5.43 Å². The van der Waals surface area contributed by atoms with Crippen LogP contribution in [-0.2, 0) is 4.79 Å². The molecule has 0 fully saturated rings. The highest BCUT2D eigenvalue weighted by Gasteiger charge is 2.08. The molecule has 142 valence electrons. The largest absolute Gasteiger partial charge is 0.378 e. The highest BCUT2D eigenvalue weighted by atomic mass is 79.9. The molecule has 0 bridgehead atoms. The Hall–Kier alpha value is -2.67. The lowest BCUT2D eigenvalue weighted by molar-refractivity contribution is -0.121. The second-order valence-electron chi connectivity index (χ2n) is 6.12. The lowest BCUT2D eigenvalue weighted by Gasteiger charge is -2.11. The number of amides is 2. The molecule has 0 saturated carbocycles. The van der Waals surface area contributed by atoms with Gasteiger partial charge in [0.2, 0.25) is 5.91 Å². The van der Waals surface area contributed by atoms with E-state index in [1.54, 1.807) is 18.3 Å². The third kappa shape index (κ3) is 6.86. The quantitative estimate of drug-likeness (QED) is 0.383. The molecule has 0 saturated heterocycles. The number of nitrogens with zero attached hydrogens (tertiary/aromatic N) is 2. The fourth-order valence-electron chi connectivity index (χ4n) is 2.28. The van der Waals surface area contributed by atoms with E-state index in [0.29, 0.717) is 18.5 Å². The molecule has 0 unspecified atom stereocenters. The number of benzene rings is 2. The van der Waals surface area contributed by atoms with E-state index in [1.807, 2.05) is 55.4 Å². The second kappa shape index (κ2) is 10.5. The molecule has 2 N–H and O–H groups in total. The Balaban J connectivity index is 1.67. The van der Waals surface area contributed by atoms with Crippen molar-refractivity contribution in [3.63, 3.8) is 0 Å². The summed E-state index contributed by atoms with van der Waals surface area (Å²) in [4.78, 5) is 25.8. The number of nitrogens with one attached hydrogen (secondary N) is 2. The van der Waals surface area contributed by atoms with Gasteiger partial charge in [0.1, 0.15) is 0 Å². The Morgan fingerprint density at radius 3 is 2.48 bits per heavy atom. The van der Waals surface area contributed by atoms with E-state index >= 15 is 0 Å². The Labute approximate surface area is 167 Å². The maximum Gasteiger partial charge on any atom is 0.252 e. The number of anilines is 1. The van der Waals surface area contributed by atoms with Gasteiger partial charge in [-0.3, -0.25) is 9.59 Å². The average Bonchev–Trinajstić information content (AvgIpc) is 2.66. The van der Waals surface area contributed by atoms with Crippen LogP contribution in [0.25, 0.3) is 0 Å². The van der Waals surface area contributed by atoms with Crippen molar-refractivity contribution < 1.29 is 9.59 Å². The summed E-state index contributed by atoms with van der Waals surface area (Å²) in [6.45, 7) is 0.420. The minimum absolute atomic E-state index is 0.165. The highest BCUT2D eigenvalue weighted by molar-refractivity contribution is 9.10. The fraction of sp³-hybridized carbons (Fsp3) is 0.250. The van der Waals surface area contributed by atoms with E-state index in [-0.39, 0.29) is 18.2 Å². The van der Waals surface area contributed by atoms with Crippen molar-refractivity contribution in [2.75, 3.05) is 25.5 Å². The van der Waals surface area contributed by atoms with Crippen LogP contribution in [0.5, 0.6) is 0 Å². The first-order valence-electron chi connectivity index (χ1n) is 8.59. The predicted molar refractivity (Wildman–Crippen MR) is 112 cm³/mol. The van der Waals surface area contributed by atoms with Gasteiger partial charge in [-0.1, -0.05) is 24.3 Å². The molecule has 7 heteroatoms. The van der Waals surface area contributed by atoms with E-state index in [2.05, 4.69) is 31.8 Å². The zero-order chi connectivity index (χ0) is 19.6. The molecule has 27 heavy (non-hydrogen) atoms. The number of halogens is 1. The molecular formula is C20H23BrN4O2. The lowest BCUT2D eigenvalue weighted by Crippen LogP contribution is -2.26. The monoisotopic (exact) mass is 430 g/mol. The lowest BCUT2D eigenvalue weighted by atomic mass is 10.2. The molecule has 6 nitrogen and oxygen atoms in total. The van der Waals surface area contributed by atoms with Gasteiger partial charge < -0.3 is 10.2 Å². The molecule has 0 heterocycles. The minimum Gasteiger partial charge on any atom is -0.378 e. The molecule has 2 aromatic rings. The summed E-state index contributed by atoms with van der Waals surface area (Å²) in [6, 6.07) is 15.0. The number of hydrogen-bond donors (Lipinski definition) is 2. The van der Waals surface area contributed by atoms with E-state index in [1.165, 1.54) is 0 Å². The predicted octanol–water partition coefficient (Wildman–Crippen LogP) is 3.18. The molecule has 0 aromatic heterocycles. The van der Waals surface area contributed by atoms with Crippen molar-refractivity contribution in [2.45, 2.75) is 12.8 Å². The van der Waals surface area contributed by atoms with Gasteiger partial charge in [0.15, 0.2) is 0 Å². The summed E-state index contributed by atoms with van der Waals surface area (Å²) in [5, 5.41) is 6.76.